The Morgan fingerprint density at radius 1 is 1.29 bits per heavy atom. The summed E-state index contributed by atoms with van der Waals surface area (Å²) in [6, 6.07) is 6.26. The summed E-state index contributed by atoms with van der Waals surface area (Å²) in [6.07, 6.45) is 0. The van der Waals surface area contributed by atoms with Gasteiger partial charge in [-0.25, -0.2) is 4.39 Å². The van der Waals surface area contributed by atoms with Gasteiger partial charge in [0.05, 0.1) is 10.6 Å². The molecule has 0 bridgehead atoms. The van der Waals surface area contributed by atoms with Crippen LogP contribution in [0.2, 0.25) is 5.02 Å². The highest BCUT2D eigenvalue weighted by Crippen LogP contribution is 2.23. The molecule has 0 unspecified atom stereocenters. The molecule has 1 amide bonds. The number of halogens is 2. The lowest BCUT2D eigenvalue weighted by atomic mass is 10.2. The van der Waals surface area contributed by atoms with E-state index < -0.39 is 5.82 Å². The molecule has 0 spiro atoms. The third-order valence-electron chi connectivity index (χ3n) is 3.42. The molecular weight excluding hydrogens is 291 g/mol. The summed E-state index contributed by atoms with van der Waals surface area (Å²) in [5.41, 5.74) is 3.03. The van der Waals surface area contributed by atoms with Crippen molar-refractivity contribution >= 4 is 23.2 Å². The zero-order chi connectivity index (χ0) is 15.7. The number of rotatable bonds is 3. The van der Waals surface area contributed by atoms with E-state index in [0.29, 0.717) is 11.3 Å². The fraction of sp³-hybridized carbons (Fsp3) is 0.312. The molecule has 0 radical (unpaired) electrons. The predicted octanol–water partition coefficient (Wildman–Crippen LogP) is 4.73. The zero-order valence-corrected chi connectivity index (χ0v) is 13.3. The first-order valence-corrected chi connectivity index (χ1v) is 7.14. The van der Waals surface area contributed by atoms with Crippen LogP contribution in [0.5, 0.6) is 0 Å². The number of benzene rings is 1. The number of carbonyl (C=O) groups excluding carboxylic acids is 1. The molecule has 3 nitrogen and oxygen atoms in total. The molecule has 1 aromatic heterocycles. The molecular formula is C16H18ClFN2O. The van der Waals surface area contributed by atoms with Crippen LogP contribution in [0, 0.1) is 19.7 Å². The molecule has 112 valence electrons. The van der Waals surface area contributed by atoms with Crippen LogP contribution in [0.25, 0.3) is 0 Å². The van der Waals surface area contributed by atoms with Crippen molar-refractivity contribution < 1.29 is 9.18 Å². The quantitative estimate of drug-likeness (QED) is 0.873. The van der Waals surface area contributed by atoms with Gasteiger partial charge < -0.3 is 9.88 Å². The molecule has 0 saturated heterocycles. The van der Waals surface area contributed by atoms with E-state index in [4.69, 9.17) is 11.6 Å². The van der Waals surface area contributed by atoms with Crippen molar-refractivity contribution in [1.82, 2.24) is 4.57 Å². The van der Waals surface area contributed by atoms with Crippen molar-refractivity contribution in [2.75, 3.05) is 5.32 Å². The number of aromatic nitrogens is 1. The summed E-state index contributed by atoms with van der Waals surface area (Å²) < 4.78 is 15.2. The number of carbonyl (C=O) groups is 1. The molecule has 1 aromatic carbocycles. The maximum absolute atomic E-state index is 13.1. The minimum atomic E-state index is -0.507. The molecule has 1 N–H and O–H groups in total. The molecule has 0 aliphatic rings. The molecule has 1 heterocycles. The zero-order valence-electron chi connectivity index (χ0n) is 12.5. The Balaban J connectivity index is 2.28. The van der Waals surface area contributed by atoms with Crippen LogP contribution in [-0.4, -0.2) is 10.5 Å². The molecule has 2 aromatic rings. The molecule has 0 aliphatic heterocycles. The molecule has 21 heavy (non-hydrogen) atoms. The Hall–Kier alpha value is -1.81. The van der Waals surface area contributed by atoms with Crippen LogP contribution >= 0.6 is 11.6 Å². The first-order valence-electron chi connectivity index (χ1n) is 6.76. The van der Waals surface area contributed by atoms with Gasteiger partial charge in [0, 0.05) is 23.1 Å². The average Bonchev–Trinajstić information content (AvgIpc) is 2.69. The van der Waals surface area contributed by atoms with Crippen molar-refractivity contribution in [2.24, 2.45) is 0 Å². The monoisotopic (exact) mass is 308 g/mol. The highest BCUT2D eigenvalue weighted by Gasteiger charge is 2.17. The van der Waals surface area contributed by atoms with Crippen LogP contribution in [0.3, 0.4) is 0 Å². The van der Waals surface area contributed by atoms with E-state index in [9.17, 15) is 9.18 Å². The van der Waals surface area contributed by atoms with E-state index in [0.717, 1.165) is 11.4 Å². The lowest BCUT2D eigenvalue weighted by Crippen LogP contribution is -2.14. The summed E-state index contributed by atoms with van der Waals surface area (Å²) in [5, 5.41) is 2.73. The van der Waals surface area contributed by atoms with Crippen LogP contribution in [0.4, 0.5) is 10.1 Å². The van der Waals surface area contributed by atoms with Gasteiger partial charge in [-0.15, -0.1) is 0 Å². The molecule has 0 aliphatic carbocycles. The van der Waals surface area contributed by atoms with Crippen molar-refractivity contribution in [3.63, 3.8) is 0 Å². The average molecular weight is 309 g/mol. The molecule has 0 saturated carbocycles. The smallest absolute Gasteiger partial charge is 0.257 e. The van der Waals surface area contributed by atoms with Gasteiger partial charge >= 0.3 is 0 Å². The van der Waals surface area contributed by atoms with Gasteiger partial charge in [0.25, 0.3) is 5.91 Å². The van der Waals surface area contributed by atoms with Crippen LogP contribution in [0.1, 0.15) is 41.6 Å². The number of nitrogens with one attached hydrogen (secondary N) is 1. The topological polar surface area (TPSA) is 34.0 Å². The summed E-state index contributed by atoms with van der Waals surface area (Å²) >= 11 is 5.72. The summed E-state index contributed by atoms with van der Waals surface area (Å²) in [7, 11) is 0. The Labute approximate surface area is 128 Å². The molecule has 2 rings (SSSR count). The van der Waals surface area contributed by atoms with E-state index in [-0.39, 0.29) is 17.0 Å². The Morgan fingerprint density at radius 3 is 2.48 bits per heavy atom. The van der Waals surface area contributed by atoms with Crippen LogP contribution in [-0.2, 0) is 0 Å². The number of aryl methyl sites for hydroxylation is 1. The first kappa shape index (κ1) is 15.6. The second-order valence-electron chi connectivity index (χ2n) is 5.33. The van der Waals surface area contributed by atoms with Gasteiger partial charge in [-0.1, -0.05) is 11.6 Å². The highest BCUT2D eigenvalue weighted by atomic mass is 35.5. The summed E-state index contributed by atoms with van der Waals surface area (Å²) in [5.74, 6) is -0.731. The maximum Gasteiger partial charge on any atom is 0.257 e. The number of nitrogens with zero attached hydrogens (tertiary/aromatic N) is 1. The highest BCUT2D eigenvalue weighted by molar-refractivity contribution is 6.31. The van der Waals surface area contributed by atoms with Gasteiger partial charge in [-0.05, 0) is 52.0 Å². The second kappa shape index (κ2) is 5.90. The standard InChI is InChI=1S/C16H18ClFN2O/c1-9(2)20-10(3)7-13(11(20)4)16(21)19-12-5-6-15(18)14(17)8-12/h5-9H,1-4H3,(H,19,21). The predicted molar refractivity (Wildman–Crippen MR) is 83.7 cm³/mol. The first-order chi connectivity index (χ1) is 9.81. The van der Waals surface area contributed by atoms with Crippen molar-refractivity contribution in [1.29, 1.82) is 0 Å². The fourth-order valence-electron chi connectivity index (χ4n) is 2.57. The lowest BCUT2D eigenvalue weighted by Gasteiger charge is -2.13. The maximum atomic E-state index is 13.1. The largest absolute Gasteiger partial charge is 0.346 e. The minimum Gasteiger partial charge on any atom is -0.346 e. The van der Waals surface area contributed by atoms with Crippen LogP contribution in [0.15, 0.2) is 24.3 Å². The lowest BCUT2D eigenvalue weighted by molar-refractivity contribution is 0.102. The van der Waals surface area contributed by atoms with Crippen LogP contribution < -0.4 is 5.32 Å². The summed E-state index contributed by atoms with van der Waals surface area (Å²) in [4.78, 5) is 12.4. The molecule has 5 heteroatoms. The SMILES string of the molecule is Cc1cc(C(=O)Nc2ccc(F)c(Cl)c2)c(C)n1C(C)C. The second-order valence-corrected chi connectivity index (χ2v) is 5.74. The van der Waals surface area contributed by atoms with Crippen molar-refractivity contribution in [3.8, 4) is 0 Å². The fourth-order valence-corrected chi connectivity index (χ4v) is 2.75. The number of anilines is 1. The van der Waals surface area contributed by atoms with Gasteiger partial charge in [-0.3, -0.25) is 4.79 Å². The Bertz CT molecular complexity index is 692. The number of amides is 1. The molecule has 0 atom stereocenters. The number of hydrogen-bond donors (Lipinski definition) is 1. The summed E-state index contributed by atoms with van der Waals surface area (Å²) in [6.45, 7) is 8.03. The van der Waals surface area contributed by atoms with Gasteiger partial charge in [-0.2, -0.15) is 0 Å². The van der Waals surface area contributed by atoms with Gasteiger partial charge in [0.2, 0.25) is 0 Å². The van der Waals surface area contributed by atoms with E-state index >= 15 is 0 Å². The third kappa shape index (κ3) is 3.10. The Morgan fingerprint density at radius 2 is 1.95 bits per heavy atom. The third-order valence-corrected chi connectivity index (χ3v) is 3.71. The van der Waals surface area contributed by atoms with E-state index in [1.165, 1.54) is 18.2 Å². The van der Waals surface area contributed by atoms with E-state index in [1.54, 1.807) is 0 Å². The number of hydrogen-bond acceptors (Lipinski definition) is 1. The van der Waals surface area contributed by atoms with E-state index in [2.05, 4.69) is 23.7 Å². The normalized spacial score (nSPS) is 11.0. The van der Waals surface area contributed by atoms with Crippen molar-refractivity contribution in [2.45, 2.75) is 33.7 Å². The molecule has 0 fully saturated rings. The Kier molecular flexibility index (Phi) is 4.37. The van der Waals surface area contributed by atoms with E-state index in [1.807, 2.05) is 19.9 Å². The van der Waals surface area contributed by atoms with Gasteiger partial charge in [0.1, 0.15) is 5.82 Å². The van der Waals surface area contributed by atoms with Gasteiger partial charge in [0.15, 0.2) is 0 Å². The minimum absolute atomic E-state index is 0.0135. The van der Waals surface area contributed by atoms with Crippen molar-refractivity contribution in [3.05, 3.63) is 52.1 Å².